The van der Waals surface area contributed by atoms with Crippen LogP contribution >= 0.6 is 0 Å². The highest BCUT2D eigenvalue weighted by Gasteiger charge is 2.24. The molecular weight excluding hydrogens is 407 g/mol. The number of aromatic nitrogens is 3. The highest BCUT2D eigenvalue weighted by atomic mass is 19.1. The molecule has 0 saturated carbocycles. The molecule has 2 N–H and O–H groups in total. The zero-order valence-electron chi connectivity index (χ0n) is 17.5. The van der Waals surface area contributed by atoms with E-state index in [1.54, 1.807) is 30.5 Å². The standard InChI is InChI=1S/C24H23FN6O/c25-17-6-3-7-18(16-17)27-22-19(8-4-11-26-22)23(32)30-12-5-13-31(15-14-30)24-28-20-9-1-2-10-21(20)29-24/h1-4,6-11,16H,5,12-15H2,(H,26,27)(H,28,29). The molecule has 0 spiro atoms. The Balaban J connectivity index is 1.32. The van der Waals surface area contributed by atoms with E-state index in [1.807, 2.05) is 29.2 Å². The molecule has 0 unspecified atom stereocenters. The number of anilines is 3. The molecule has 1 amide bonds. The number of benzene rings is 2. The van der Waals surface area contributed by atoms with Crippen LogP contribution in [0, 0.1) is 5.82 Å². The summed E-state index contributed by atoms with van der Waals surface area (Å²) in [4.78, 5) is 29.8. The van der Waals surface area contributed by atoms with Gasteiger partial charge in [0.25, 0.3) is 5.91 Å². The van der Waals surface area contributed by atoms with Crippen molar-refractivity contribution in [2.75, 3.05) is 36.4 Å². The van der Waals surface area contributed by atoms with Crippen molar-refractivity contribution in [1.82, 2.24) is 19.9 Å². The molecule has 3 heterocycles. The van der Waals surface area contributed by atoms with Gasteiger partial charge in [-0.2, -0.15) is 0 Å². The van der Waals surface area contributed by atoms with Crippen LogP contribution in [0.4, 0.5) is 21.8 Å². The summed E-state index contributed by atoms with van der Waals surface area (Å²) >= 11 is 0. The van der Waals surface area contributed by atoms with Crippen LogP contribution in [-0.2, 0) is 0 Å². The topological polar surface area (TPSA) is 77.2 Å². The number of hydrogen-bond donors (Lipinski definition) is 2. The smallest absolute Gasteiger partial charge is 0.257 e. The van der Waals surface area contributed by atoms with Gasteiger partial charge in [0.2, 0.25) is 5.95 Å². The molecule has 0 radical (unpaired) electrons. The zero-order valence-corrected chi connectivity index (χ0v) is 17.5. The van der Waals surface area contributed by atoms with Crippen LogP contribution in [0.5, 0.6) is 0 Å². The highest BCUT2D eigenvalue weighted by molar-refractivity contribution is 5.99. The Hall–Kier alpha value is -3.94. The fraction of sp³-hybridized carbons (Fsp3) is 0.208. The van der Waals surface area contributed by atoms with Gasteiger partial charge in [-0.15, -0.1) is 0 Å². The van der Waals surface area contributed by atoms with Gasteiger partial charge in [0.05, 0.1) is 16.6 Å². The molecule has 162 valence electrons. The Bertz CT molecular complexity index is 1220. The molecule has 1 aliphatic heterocycles. The van der Waals surface area contributed by atoms with E-state index in [2.05, 4.69) is 20.2 Å². The number of nitrogens with one attached hydrogen (secondary N) is 2. The molecule has 32 heavy (non-hydrogen) atoms. The monoisotopic (exact) mass is 430 g/mol. The second kappa shape index (κ2) is 8.66. The first-order valence-electron chi connectivity index (χ1n) is 10.6. The second-order valence-electron chi connectivity index (χ2n) is 7.75. The summed E-state index contributed by atoms with van der Waals surface area (Å²) in [6.07, 6.45) is 2.44. The molecule has 7 nitrogen and oxygen atoms in total. The summed E-state index contributed by atoms with van der Waals surface area (Å²) in [6, 6.07) is 17.5. The lowest BCUT2D eigenvalue weighted by molar-refractivity contribution is 0.0767. The molecule has 0 aliphatic carbocycles. The fourth-order valence-electron chi connectivity index (χ4n) is 3.97. The molecule has 1 fully saturated rings. The number of carbonyl (C=O) groups is 1. The lowest BCUT2D eigenvalue weighted by atomic mass is 10.2. The molecule has 5 rings (SSSR count). The van der Waals surface area contributed by atoms with Crippen molar-refractivity contribution in [3.8, 4) is 0 Å². The highest BCUT2D eigenvalue weighted by Crippen LogP contribution is 2.22. The van der Waals surface area contributed by atoms with Crippen molar-refractivity contribution in [1.29, 1.82) is 0 Å². The first-order valence-corrected chi connectivity index (χ1v) is 10.6. The van der Waals surface area contributed by atoms with Gasteiger partial charge in [-0.1, -0.05) is 18.2 Å². The van der Waals surface area contributed by atoms with Crippen LogP contribution < -0.4 is 10.2 Å². The largest absolute Gasteiger partial charge is 0.341 e. The summed E-state index contributed by atoms with van der Waals surface area (Å²) in [5.41, 5.74) is 2.95. The Kier molecular flexibility index (Phi) is 5.41. The van der Waals surface area contributed by atoms with Crippen molar-refractivity contribution in [3.63, 3.8) is 0 Å². The van der Waals surface area contributed by atoms with Crippen LogP contribution in [0.15, 0.2) is 66.9 Å². The third-order valence-electron chi connectivity index (χ3n) is 5.58. The Morgan fingerprint density at radius 1 is 1.00 bits per heavy atom. The molecule has 2 aromatic heterocycles. The predicted octanol–water partition coefficient (Wildman–Crippen LogP) is 4.19. The van der Waals surface area contributed by atoms with Crippen molar-refractivity contribution >= 4 is 34.4 Å². The summed E-state index contributed by atoms with van der Waals surface area (Å²) < 4.78 is 13.6. The number of fused-ring (bicyclic) bond motifs is 1. The number of pyridine rings is 1. The first kappa shape index (κ1) is 20.0. The van der Waals surface area contributed by atoms with Gasteiger partial charge in [0.15, 0.2) is 0 Å². The number of aromatic amines is 1. The van der Waals surface area contributed by atoms with E-state index in [0.29, 0.717) is 36.7 Å². The van der Waals surface area contributed by atoms with Gasteiger partial charge in [0, 0.05) is 38.1 Å². The van der Waals surface area contributed by atoms with Crippen LogP contribution in [0.1, 0.15) is 16.8 Å². The van der Waals surface area contributed by atoms with E-state index in [1.165, 1.54) is 12.1 Å². The van der Waals surface area contributed by atoms with Crippen LogP contribution in [0.2, 0.25) is 0 Å². The number of carbonyl (C=O) groups excluding carboxylic acids is 1. The van der Waals surface area contributed by atoms with Gasteiger partial charge in [0.1, 0.15) is 11.6 Å². The SMILES string of the molecule is O=C(c1cccnc1Nc1cccc(F)c1)N1CCCN(c2nc3ccccc3[nH]2)CC1. The first-order chi connectivity index (χ1) is 15.7. The lowest BCUT2D eigenvalue weighted by Crippen LogP contribution is -2.35. The van der Waals surface area contributed by atoms with E-state index in [0.717, 1.165) is 29.9 Å². The van der Waals surface area contributed by atoms with E-state index in [4.69, 9.17) is 4.98 Å². The van der Waals surface area contributed by atoms with E-state index < -0.39 is 0 Å². The minimum absolute atomic E-state index is 0.0940. The maximum Gasteiger partial charge on any atom is 0.257 e. The quantitative estimate of drug-likeness (QED) is 0.508. The molecule has 1 aliphatic rings. The number of nitrogens with zero attached hydrogens (tertiary/aromatic N) is 4. The number of imidazole rings is 1. The number of rotatable bonds is 4. The third kappa shape index (κ3) is 4.12. The van der Waals surface area contributed by atoms with E-state index in [9.17, 15) is 9.18 Å². The van der Waals surface area contributed by atoms with E-state index >= 15 is 0 Å². The normalized spacial score (nSPS) is 14.4. The van der Waals surface area contributed by atoms with Crippen molar-refractivity contribution in [2.24, 2.45) is 0 Å². The maximum atomic E-state index is 13.6. The van der Waals surface area contributed by atoms with Gasteiger partial charge >= 0.3 is 0 Å². The Morgan fingerprint density at radius 2 is 1.91 bits per heavy atom. The van der Waals surface area contributed by atoms with Crippen molar-refractivity contribution in [2.45, 2.75) is 6.42 Å². The van der Waals surface area contributed by atoms with Crippen LogP contribution in [-0.4, -0.2) is 51.9 Å². The molecule has 0 atom stereocenters. The summed E-state index contributed by atoms with van der Waals surface area (Å²) in [5, 5.41) is 3.07. The minimum Gasteiger partial charge on any atom is -0.341 e. The van der Waals surface area contributed by atoms with Crippen molar-refractivity contribution in [3.05, 3.63) is 78.2 Å². The third-order valence-corrected chi connectivity index (χ3v) is 5.58. The Labute approximate surface area is 184 Å². The maximum absolute atomic E-state index is 13.6. The van der Waals surface area contributed by atoms with Gasteiger partial charge in [-0.3, -0.25) is 4.79 Å². The van der Waals surface area contributed by atoms with Gasteiger partial charge in [-0.05, 0) is 48.9 Å². The number of H-pyrrole nitrogens is 1. The number of amides is 1. The molecule has 1 saturated heterocycles. The average molecular weight is 430 g/mol. The number of halogens is 1. The number of hydrogen-bond acceptors (Lipinski definition) is 5. The molecule has 4 aromatic rings. The summed E-state index contributed by atoms with van der Waals surface area (Å²) in [7, 11) is 0. The molecular formula is C24H23FN6O. The number of para-hydroxylation sites is 2. The lowest BCUT2D eigenvalue weighted by Gasteiger charge is -2.22. The van der Waals surface area contributed by atoms with Gasteiger partial charge < -0.3 is 20.1 Å². The molecule has 0 bridgehead atoms. The van der Waals surface area contributed by atoms with Crippen molar-refractivity contribution < 1.29 is 9.18 Å². The summed E-state index contributed by atoms with van der Waals surface area (Å²) in [5.74, 6) is 0.803. The fourth-order valence-corrected chi connectivity index (χ4v) is 3.97. The molecule has 2 aromatic carbocycles. The average Bonchev–Trinajstić information content (AvgIpc) is 3.08. The van der Waals surface area contributed by atoms with Gasteiger partial charge in [-0.25, -0.2) is 14.4 Å². The summed E-state index contributed by atoms with van der Waals surface area (Å²) in [6.45, 7) is 2.71. The Morgan fingerprint density at radius 3 is 2.78 bits per heavy atom. The minimum atomic E-state index is -0.350. The molecule has 8 heteroatoms. The van der Waals surface area contributed by atoms with Crippen LogP contribution in [0.3, 0.4) is 0 Å². The zero-order chi connectivity index (χ0) is 21.9. The second-order valence-corrected chi connectivity index (χ2v) is 7.75. The van der Waals surface area contributed by atoms with Crippen LogP contribution in [0.25, 0.3) is 11.0 Å². The van der Waals surface area contributed by atoms with E-state index in [-0.39, 0.29) is 11.7 Å². The predicted molar refractivity (Wildman–Crippen MR) is 123 cm³/mol.